The summed E-state index contributed by atoms with van der Waals surface area (Å²) >= 11 is 0. The fourth-order valence-corrected chi connectivity index (χ4v) is 2.37. The molecule has 0 spiro atoms. The molecule has 0 aliphatic rings. The monoisotopic (exact) mass is 368 g/mol. The Bertz CT molecular complexity index is 393. The Hall–Kier alpha value is -1.58. The fourth-order valence-electron chi connectivity index (χ4n) is 2.37. The molecule has 0 radical (unpaired) electrons. The van der Waals surface area contributed by atoms with E-state index in [4.69, 9.17) is 4.74 Å². The lowest BCUT2D eigenvalue weighted by Crippen LogP contribution is -2.14. The van der Waals surface area contributed by atoms with Crippen LogP contribution >= 0.6 is 0 Å². The largest absolute Gasteiger partial charge is 0.435 e. The predicted octanol–water partition coefficient (Wildman–Crippen LogP) is 6.56. The van der Waals surface area contributed by atoms with Gasteiger partial charge in [-0.05, 0) is 31.1 Å². The van der Waals surface area contributed by atoms with Crippen molar-refractivity contribution in [3.8, 4) is 0 Å². The Kier molecular flexibility index (Phi) is 17.3. The zero-order chi connectivity index (χ0) is 20.4. The molecule has 4 nitrogen and oxygen atoms in total. The van der Waals surface area contributed by atoms with Crippen LogP contribution in [0.25, 0.3) is 0 Å². The summed E-state index contributed by atoms with van der Waals surface area (Å²) in [7, 11) is 0. The average Bonchev–Trinajstić information content (AvgIpc) is 2.55. The van der Waals surface area contributed by atoms with Gasteiger partial charge < -0.3 is 9.47 Å². The van der Waals surface area contributed by atoms with Gasteiger partial charge in [-0.3, -0.25) is 9.59 Å². The van der Waals surface area contributed by atoms with E-state index in [1.807, 2.05) is 6.92 Å². The second-order valence-corrected chi connectivity index (χ2v) is 7.63. The van der Waals surface area contributed by atoms with Crippen LogP contribution in [0.2, 0.25) is 0 Å². The van der Waals surface area contributed by atoms with Crippen molar-refractivity contribution in [1.82, 2.24) is 0 Å². The molecule has 0 heterocycles. The number of unbranched alkanes of at least 4 members (excludes halogenated alkanes) is 3. The molecule has 0 saturated carbocycles. The second-order valence-electron chi connectivity index (χ2n) is 7.63. The maximum atomic E-state index is 11.2. The van der Waals surface area contributed by atoms with Gasteiger partial charge in [0.15, 0.2) is 0 Å². The molecule has 0 fully saturated rings. The molecule has 0 aromatic heterocycles. The van der Waals surface area contributed by atoms with Crippen LogP contribution in [-0.2, 0) is 19.1 Å². The number of hydrogen-bond acceptors (Lipinski definition) is 4. The molecule has 1 unspecified atom stereocenters. The van der Waals surface area contributed by atoms with Crippen molar-refractivity contribution in [1.29, 1.82) is 0 Å². The summed E-state index contributed by atoms with van der Waals surface area (Å²) in [5, 5.41) is 0. The van der Waals surface area contributed by atoms with Gasteiger partial charge in [-0.1, -0.05) is 73.5 Å². The van der Waals surface area contributed by atoms with Gasteiger partial charge >= 0.3 is 11.9 Å². The van der Waals surface area contributed by atoms with Gasteiger partial charge in [0.25, 0.3) is 0 Å². The Morgan fingerprint density at radius 2 is 1.58 bits per heavy atom. The van der Waals surface area contributed by atoms with Crippen molar-refractivity contribution in [2.75, 3.05) is 0 Å². The topological polar surface area (TPSA) is 52.6 Å². The Balaban J connectivity index is 0. The molecule has 0 N–H and O–H groups in total. The van der Waals surface area contributed by atoms with E-state index < -0.39 is 0 Å². The normalized spacial score (nSPS) is 11.6. The van der Waals surface area contributed by atoms with Gasteiger partial charge in [-0.25, -0.2) is 0 Å². The molecular weight excluding hydrogens is 328 g/mol. The minimum Gasteiger partial charge on any atom is -0.435 e. The number of rotatable bonds is 12. The molecular formula is C22H40O4. The maximum absolute atomic E-state index is 11.2. The second kappa shape index (κ2) is 16.9. The zero-order valence-electron chi connectivity index (χ0n) is 17.6. The Morgan fingerprint density at radius 3 is 2.04 bits per heavy atom. The van der Waals surface area contributed by atoms with E-state index in [1.54, 1.807) is 0 Å². The Labute approximate surface area is 161 Å². The number of carbonyl (C=O) groups excluding carboxylic acids is 2. The molecule has 0 aromatic carbocycles. The molecule has 0 aliphatic carbocycles. The van der Waals surface area contributed by atoms with Crippen LogP contribution in [0.1, 0.15) is 92.4 Å². The lowest BCUT2D eigenvalue weighted by atomic mass is 9.89. The molecule has 0 saturated heterocycles. The smallest absolute Gasteiger partial charge is 0.313 e. The van der Waals surface area contributed by atoms with Crippen LogP contribution in [-0.4, -0.2) is 11.9 Å². The first-order chi connectivity index (χ1) is 12.2. The predicted molar refractivity (Wildman–Crippen MR) is 108 cm³/mol. The van der Waals surface area contributed by atoms with E-state index in [0.717, 1.165) is 38.5 Å². The van der Waals surface area contributed by atoms with Crippen molar-refractivity contribution in [3.05, 3.63) is 25.7 Å². The van der Waals surface area contributed by atoms with Crippen LogP contribution in [0.5, 0.6) is 0 Å². The average molecular weight is 369 g/mol. The van der Waals surface area contributed by atoms with Crippen molar-refractivity contribution >= 4 is 11.9 Å². The minimum absolute atomic E-state index is 0.0583. The Morgan fingerprint density at radius 1 is 0.962 bits per heavy atom. The van der Waals surface area contributed by atoms with Gasteiger partial charge in [0.1, 0.15) is 0 Å². The summed E-state index contributed by atoms with van der Waals surface area (Å²) in [5.74, 6) is -0.250. The minimum atomic E-state index is -0.171. The van der Waals surface area contributed by atoms with E-state index >= 15 is 0 Å². The van der Waals surface area contributed by atoms with Crippen LogP contribution in [0, 0.1) is 11.3 Å². The zero-order valence-corrected chi connectivity index (χ0v) is 17.6. The molecule has 0 bridgehead atoms. The summed E-state index contributed by atoms with van der Waals surface area (Å²) in [6.07, 6.45) is 11.3. The highest BCUT2D eigenvalue weighted by atomic mass is 16.5. The lowest BCUT2D eigenvalue weighted by Gasteiger charge is -2.17. The van der Waals surface area contributed by atoms with Gasteiger partial charge in [-0.15, -0.1) is 0 Å². The molecule has 0 rings (SSSR count). The molecule has 1 atom stereocenters. The lowest BCUT2D eigenvalue weighted by molar-refractivity contribution is -0.143. The molecule has 4 heteroatoms. The highest BCUT2D eigenvalue weighted by Crippen LogP contribution is 2.22. The van der Waals surface area contributed by atoms with Gasteiger partial charge in [-0.2, -0.15) is 0 Å². The van der Waals surface area contributed by atoms with Crippen molar-refractivity contribution in [2.24, 2.45) is 11.3 Å². The van der Waals surface area contributed by atoms with E-state index in [0.29, 0.717) is 11.8 Å². The standard InChI is InChI=1S/C12H22O2.C10H18O2/c1-5-14-11(13)9-7-6-8-10-12(2,3)4;1-4-7-8-9(5-2)10(11)12-6-3/h5H,1,6-10H2,2-4H3;6,9H,3-5,7-8H2,1-2H3. The van der Waals surface area contributed by atoms with Gasteiger partial charge in [0, 0.05) is 6.42 Å². The quantitative estimate of drug-likeness (QED) is 0.222. The third-order valence-electron chi connectivity index (χ3n) is 3.95. The van der Waals surface area contributed by atoms with Crippen molar-refractivity contribution in [2.45, 2.75) is 92.4 Å². The molecule has 0 aromatic rings. The van der Waals surface area contributed by atoms with Crippen LogP contribution in [0.4, 0.5) is 0 Å². The summed E-state index contributed by atoms with van der Waals surface area (Å²) in [6, 6.07) is 0. The van der Waals surface area contributed by atoms with E-state index in [2.05, 4.69) is 45.6 Å². The number of ether oxygens (including phenoxy) is 2. The number of carbonyl (C=O) groups is 2. The SMILES string of the molecule is C=COC(=O)C(CC)CCCC.C=COC(=O)CCCCCC(C)(C)C. The first kappa shape index (κ1) is 26.6. The van der Waals surface area contributed by atoms with Crippen LogP contribution < -0.4 is 0 Å². The van der Waals surface area contributed by atoms with Crippen LogP contribution in [0.3, 0.4) is 0 Å². The maximum Gasteiger partial charge on any atom is 0.313 e. The summed E-state index contributed by atoms with van der Waals surface area (Å²) in [6.45, 7) is 17.5. The third kappa shape index (κ3) is 18.8. The first-order valence-corrected chi connectivity index (χ1v) is 9.83. The molecule has 152 valence electrons. The molecule has 26 heavy (non-hydrogen) atoms. The summed E-state index contributed by atoms with van der Waals surface area (Å²) in [4.78, 5) is 22.1. The van der Waals surface area contributed by atoms with E-state index in [-0.39, 0.29) is 17.9 Å². The molecule has 0 amide bonds. The fraction of sp³-hybridized carbons (Fsp3) is 0.727. The van der Waals surface area contributed by atoms with Gasteiger partial charge in [0.05, 0.1) is 18.4 Å². The number of hydrogen-bond donors (Lipinski definition) is 0. The number of esters is 2. The van der Waals surface area contributed by atoms with E-state index in [1.165, 1.54) is 25.4 Å². The third-order valence-corrected chi connectivity index (χ3v) is 3.95. The summed E-state index contributed by atoms with van der Waals surface area (Å²) in [5.41, 5.74) is 0.404. The molecule has 0 aliphatic heterocycles. The highest BCUT2D eigenvalue weighted by Gasteiger charge is 2.15. The van der Waals surface area contributed by atoms with Crippen LogP contribution in [0.15, 0.2) is 25.7 Å². The first-order valence-electron chi connectivity index (χ1n) is 9.83. The highest BCUT2D eigenvalue weighted by molar-refractivity contribution is 5.72. The summed E-state index contributed by atoms with van der Waals surface area (Å²) < 4.78 is 9.33. The van der Waals surface area contributed by atoms with Gasteiger partial charge in [0.2, 0.25) is 0 Å². The van der Waals surface area contributed by atoms with Crippen molar-refractivity contribution < 1.29 is 19.1 Å². The van der Waals surface area contributed by atoms with E-state index in [9.17, 15) is 9.59 Å². The van der Waals surface area contributed by atoms with Crippen molar-refractivity contribution in [3.63, 3.8) is 0 Å².